The number of allylic oxidation sites excluding steroid dienone is 4. The number of carbonyl (C=O) groups excluding carboxylic acids is 3. The van der Waals surface area contributed by atoms with Gasteiger partial charge in [-0.15, -0.1) is 0 Å². The van der Waals surface area contributed by atoms with Crippen molar-refractivity contribution >= 4 is 25.5 Å². The van der Waals surface area contributed by atoms with Crippen molar-refractivity contribution in [1.29, 1.82) is 0 Å². The maximum atomic E-state index is 12.6. The third-order valence-corrected chi connectivity index (χ3v) is 9.46. The first-order chi connectivity index (χ1) is 25.0. The van der Waals surface area contributed by atoms with Crippen molar-refractivity contribution in [3.63, 3.8) is 0 Å². The molecule has 0 fully saturated rings. The van der Waals surface area contributed by atoms with Crippen molar-refractivity contribution in [3.05, 3.63) is 24.3 Å². The van der Waals surface area contributed by atoms with Crippen LogP contribution in [-0.4, -0.2) is 71.5 Å². The third-order valence-electron chi connectivity index (χ3n) is 8.51. The number of aliphatic hydroxyl groups excluding tert-OH is 2. The Morgan fingerprint density at radius 1 is 0.673 bits per heavy atom. The van der Waals surface area contributed by atoms with Crippen molar-refractivity contribution in [2.45, 2.75) is 181 Å². The largest absolute Gasteiger partial charge is 0.472 e. The molecule has 0 aromatic carbocycles. The fourth-order valence-electron chi connectivity index (χ4n) is 5.33. The lowest BCUT2D eigenvalue weighted by Crippen LogP contribution is -2.29. The summed E-state index contributed by atoms with van der Waals surface area (Å²) in [6, 6.07) is 0. The highest BCUT2D eigenvalue weighted by atomic mass is 31.2. The smallest absolute Gasteiger partial charge is 0.462 e. The van der Waals surface area contributed by atoms with Crippen LogP contribution in [0.2, 0.25) is 0 Å². The number of esters is 2. The molecule has 3 N–H and O–H groups in total. The van der Waals surface area contributed by atoms with Gasteiger partial charge in [0.2, 0.25) is 0 Å². The van der Waals surface area contributed by atoms with Crippen molar-refractivity contribution in [2.24, 2.45) is 5.92 Å². The molecule has 0 bridgehead atoms. The van der Waals surface area contributed by atoms with E-state index in [-0.39, 0.29) is 25.2 Å². The maximum absolute atomic E-state index is 12.6. The van der Waals surface area contributed by atoms with Gasteiger partial charge in [-0.05, 0) is 44.1 Å². The highest BCUT2D eigenvalue weighted by Gasteiger charge is 2.27. The molecule has 0 saturated heterocycles. The average molecular weight is 761 g/mol. The van der Waals surface area contributed by atoms with Gasteiger partial charge in [-0.2, -0.15) is 0 Å². The summed E-state index contributed by atoms with van der Waals surface area (Å²) < 4.78 is 32.6. The van der Waals surface area contributed by atoms with E-state index in [1.54, 1.807) is 12.2 Å². The Kier molecular flexibility index (Phi) is 33.6. The summed E-state index contributed by atoms with van der Waals surface area (Å²) in [4.78, 5) is 46.6. The molecule has 1 unspecified atom stereocenters. The second-order valence-corrected chi connectivity index (χ2v) is 15.6. The topological polar surface area (TPSA) is 166 Å². The summed E-state index contributed by atoms with van der Waals surface area (Å²) in [6.45, 7) is 4.46. The lowest BCUT2D eigenvalue weighted by molar-refractivity contribution is -0.161. The Morgan fingerprint density at radius 3 is 1.81 bits per heavy atom. The van der Waals surface area contributed by atoms with Crippen LogP contribution >= 0.6 is 7.82 Å². The van der Waals surface area contributed by atoms with E-state index in [1.165, 1.54) is 44.9 Å². The molecule has 0 aliphatic rings. The van der Waals surface area contributed by atoms with Gasteiger partial charge < -0.3 is 24.6 Å². The van der Waals surface area contributed by atoms with Gasteiger partial charge in [-0.3, -0.25) is 23.4 Å². The average Bonchev–Trinajstić information content (AvgIpc) is 3.11. The Bertz CT molecular complexity index is 998. The molecule has 0 aliphatic carbocycles. The van der Waals surface area contributed by atoms with Crippen LogP contribution < -0.4 is 0 Å². The zero-order valence-electron chi connectivity index (χ0n) is 32.7. The Hall–Kier alpha value is -1.88. The van der Waals surface area contributed by atoms with Crippen LogP contribution in [0.15, 0.2) is 24.3 Å². The molecule has 0 aromatic heterocycles. The number of phosphoric acid groups is 1. The zero-order valence-corrected chi connectivity index (χ0v) is 33.6. The van der Waals surface area contributed by atoms with Crippen LogP contribution in [0.4, 0.5) is 0 Å². The van der Waals surface area contributed by atoms with Gasteiger partial charge >= 0.3 is 19.8 Å². The number of unbranched alkanes of at least 4 members (excludes halogenated alkanes) is 16. The van der Waals surface area contributed by atoms with Gasteiger partial charge in [0.05, 0.1) is 19.8 Å². The van der Waals surface area contributed by atoms with Gasteiger partial charge in [0, 0.05) is 19.3 Å². The van der Waals surface area contributed by atoms with E-state index >= 15 is 0 Å². The number of ketones is 1. The number of ether oxygens (including phenoxy) is 2. The van der Waals surface area contributed by atoms with E-state index in [2.05, 4.69) is 31.4 Å². The molecule has 0 amide bonds. The van der Waals surface area contributed by atoms with Gasteiger partial charge in [0.15, 0.2) is 11.9 Å². The molecular weight excluding hydrogens is 687 g/mol. The molecule has 0 aliphatic heterocycles. The predicted octanol–water partition coefficient (Wildman–Crippen LogP) is 9.26. The Balaban J connectivity index is 4.40. The summed E-state index contributed by atoms with van der Waals surface area (Å²) in [5.41, 5.74) is 0. The van der Waals surface area contributed by atoms with Gasteiger partial charge in [-0.25, -0.2) is 4.57 Å². The van der Waals surface area contributed by atoms with Crippen LogP contribution in [0.5, 0.6) is 0 Å². The van der Waals surface area contributed by atoms with Crippen LogP contribution in [0.3, 0.4) is 0 Å². The minimum absolute atomic E-state index is 0.166. The van der Waals surface area contributed by atoms with Gasteiger partial charge in [0.1, 0.15) is 12.7 Å². The molecule has 11 nitrogen and oxygen atoms in total. The number of rotatable bonds is 37. The number of phosphoric ester groups is 1. The SMILES string of the molecule is CCCCCC(=O)/C=C/C=C\CCCCCCCC(=O)OC[C@H](COP(=O)(O)OC[C@@H](O)CO)OC(=O)CCCCCCCCCCCCC(C)C. The van der Waals surface area contributed by atoms with Gasteiger partial charge in [0.25, 0.3) is 0 Å². The molecule has 12 heteroatoms. The molecule has 0 rings (SSSR count). The first-order valence-corrected chi connectivity index (χ1v) is 21.6. The molecule has 0 radical (unpaired) electrons. The highest BCUT2D eigenvalue weighted by molar-refractivity contribution is 7.47. The van der Waals surface area contributed by atoms with E-state index in [4.69, 9.17) is 19.1 Å². The predicted molar refractivity (Wildman–Crippen MR) is 206 cm³/mol. The van der Waals surface area contributed by atoms with Crippen molar-refractivity contribution in [1.82, 2.24) is 0 Å². The number of aliphatic hydroxyl groups is 2. The van der Waals surface area contributed by atoms with Crippen molar-refractivity contribution < 1.29 is 52.6 Å². The van der Waals surface area contributed by atoms with Crippen LogP contribution in [0.25, 0.3) is 0 Å². The summed E-state index contributed by atoms with van der Waals surface area (Å²) in [5, 5.41) is 18.3. The first kappa shape index (κ1) is 50.1. The molecule has 0 heterocycles. The lowest BCUT2D eigenvalue weighted by Gasteiger charge is -2.20. The highest BCUT2D eigenvalue weighted by Crippen LogP contribution is 2.43. The van der Waals surface area contributed by atoms with E-state index in [0.717, 1.165) is 76.5 Å². The summed E-state index contributed by atoms with van der Waals surface area (Å²) in [6.07, 6.45) is 27.1. The molecule has 304 valence electrons. The summed E-state index contributed by atoms with van der Waals surface area (Å²) in [7, 11) is -4.63. The van der Waals surface area contributed by atoms with E-state index in [0.29, 0.717) is 19.3 Å². The quantitative estimate of drug-likeness (QED) is 0.0182. The molecule has 0 spiro atoms. The fraction of sp³-hybridized carbons (Fsp3) is 0.825. The van der Waals surface area contributed by atoms with E-state index in [9.17, 15) is 28.9 Å². The minimum atomic E-state index is -4.63. The number of carbonyl (C=O) groups is 3. The maximum Gasteiger partial charge on any atom is 0.472 e. The summed E-state index contributed by atoms with van der Waals surface area (Å²) in [5.74, 6) is -0.0397. The van der Waals surface area contributed by atoms with Crippen LogP contribution in [0, 0.1) is 5.92 Å². The second kappa shape index (κ2) is 34.9. The Labute approximate surface area is 314 Å². The molecule has 0 aromatic rings. The zero-order chi connectivity index (χ0) is 38.7. The van der Waals surface area contributed by atoms with E-state index in [1.807, 2.05) is 6.08 Å². The van der Waals surface area contributed by atoms with Crippen molar-refractivity contribution in [2.75, 3.05) is 26.4 Å². The Morgan fingerprint density at radius 2 is 1.21 bits per heavy atom. The fourth-order valence-corrected chi connectivity index (χ4v) is 6.12. The first-order valence-electron chi connectivity index (χ1n) is 20.1. The normalized spacial score (nSPS) is 14.2. The lowest BCUT2D eigenvalue weighted by atomic mass is 10.0. The molecular formula is C40H73O11P. The van der Waals surface area contributed by atoms with Crippen molar-refractivity contribution in [3.8, 4) is 0 Å². The van der Waals surface area contributed by atoms with E-state index < -0.39 is 51.8 Å². The molecule has 0 saturated carbocycles. The minimum Gasteiger partial charge on any atom is -0.462 e. The standard InChI is InChI=1S/C40H73O11P/c1-4-5-21-27-36(42)28-23-18-14-10-8-12-15-19-24-29-39(44)48-33-38(34-50-52(46,47)49-32-37(43)31-41)51-40(45)30-25-20-16-11-7-6-9-13-17-22-26-35(2)3/h14,18,23,28,35,37-38,41,43H,4-13,15-17,19-22,24-27,29-34H2,1-3H3,(H,46,47)/b18-14-,28-23+/t37-,38+/m0/s1. The molecule has 3 atom stereocenters. The van der Waals surface area contributed by atoms with Crippen LogP contribution in [-0.2, 0) is 37.5 Å². The summed E-state index contributed by atoms with van der Waals surface area (Å²) >= 11 is 0. The van der Waals surface area contributed by atoms with Crippen LogP contribution in [0.1, 0.15) is 168 Å². The molecule has 52 heavy (non-hydrogen) atoms. The number of hydrogen-bond acceptors (Lipinski definition) is 10. The van der Waals surface area contributed by atoms with Gasteiger partial charge in [-0.1, -0.05) is 135 Å². The second-order valence-electron chi connectivity index (χ2n) is 14.2. The monoisotopic (exact) mass is 760 g/mol. The third kappa shape index (κ3) is 35.2. The number of hydrogen-bond donors (Lipinski definition) is 3.